The number of rotatable bonds is 4. The van der Waals surface area contributed by atoms with Crippen molar-refractivity contribution in [2.45, 2.75) is 24.7 Å². The van der Waals surface area contributed by atoms with Crippen LogP contribution in [-0.2, 0) is 14.8 Å². The highest BCUT2D eigenvalue weighted by molar-refractivity contribution is 7.93. The molecule has 4 rings (SSSR count). The van der Waals surface area contributed by atoms with Crippen molar-refractivity contribution in [3.8, 4) is 11.1 Å². The molecular weight excluding hydrogens is 384 g/mol. The number of para-hydroxylation sites is 1. The molecule has 1 aliphatic heterocycles. The fourth-order valence-corrected chi connectivity index (χ4v) is 5.18. The average molecular weight is 407 g/mol. The molecule has 0 aliphatic carbocycles. The van der Waals surface area contributed by atoms with Crippen LogP contribution in [-0.4, -0.2) is 20.9 Å². The Morgan fingerprint density at radius 2 is 1.52 bits per heavy atom. The van der Waals surface area contributed by atoms with E-state index in [4.69, 9.17) is 0 Å². The van der Waals surface area contributed by atoms with Crippen molar-refractivity contribution in [2.75, 3.05) is 16.2 Å². The molecule has 1 heterocycles. The highest BCUT2D eigenvalue weighted by atomic mass is 32.2. The number of sulfonamides is 1. The molecule has 0 fully saturated rings. The van der Waals surface area contributed by atoms with Gasteiger partial charge in [0.25, 0.3) is 10.0 Å². The molecule has 1 amide bonds. The molecule has 0 bridgehead atoms. The van der Waals surface area contributed by atoms with Gasteiger partial charge in [0.2, 0.25) is 5.91 Å². The molecule has 1 N–H and O–H groups in total. The van der Waals surface area contributed by atoms with Crippen LogP contribution in [0.1, 0.15) is 25.3 Å². The van der Waals surface area contributed by atoms with Crippen molar-refractivity contribution < 1.29 is 13.2 Å². The second-order valence-electron chi connectivity index (χ2n) is 7.35. The van der Waals surface area contributed by atoms with Gasteiger partial charge in [-0.25, -0.2) is 8.42 Å². The minimum atomic E-state index is -3.83. The Balaban J connectivity index is 1.63. The van der Waals surface area contributed by atoms with E-state index < -0.39 is 10.0 Å². The second-order valence-corrected chi connectivity index (χ2v) is 9.18. The smallest absolute Gasteiger partial charge is 0.265 e. The van der Waals surface area contributed by atoms with Gasteiger partial charge in [0.05, 0.1) is 10.6 Å². The van der Waals surface area contributed by atoms with Crippen LogP contribution in [0.2, 0.25) is 0 Å². The number of carbonyl (C=O) groups excluding carboxylic acids is 1. The van der Waals surface area contributed by atoms with Crippen molar-refractivity contribution in [1.29, 1.82) is 0 Å². The number of carbonyl (C=O) groups is 1. The van der Waals surface area contributed by atoms with Gasteiger partial charge in [0.15, 0.2) is 0 Å². The largest absolute Gasteiger partial charge is 0.325 e. The Morgan fingerprint density at radius 1 is 0.897 bits per heavy atom. The van der Waals surface area contributed by atoms with Gasteiger partial charge in [0.1, 0.15) is 6.54 Å². The maximum atomic E-state index is 13.2. The lowest BCUT2D eigenvalue weighted by Gasteiger charge is -2.31. The van der Waals surface area contributed by atoms with Crippen LogP contribution in [0.25, 0.3) is 11.1 Å². The maximum absolute atomic E-state index is 13.2. The summed E-state index contributed by atoms with van der Waals surface area (Å²) in [4.78, 5) is 12.9. The van der Waals surface area contributed by atoms with E-state index in [2.05, 4.69) is 19.2 Å². The van der Waals surface area contributed by atoms with Gasteiger partial charge in [-0.05, 0) is 35.7 Å². The number of amides is 1. The molecule has 0 saturated carbocycles. The van der Waals surface area contributed by atoms with E-state index in [1.54, 1.807) is 30.3 Å². The van der Waals surface area contributed by atoms with Crippen LogP contribution >= 0.6 is 0 Å². The van der Waals surface area contributed by atoms with Crippen molar-refractivity contribution in [3.63, 3.8) is 0 Å². The van der Waals surface area contributed by atoms with Crippen LogP contribution in [0.3, 0.4) is 0 Å². The molecule has 0 radical (unpaired) electrons. The average Bonchev–Trinajstić information content (AvgIpc) is 2.72. The fourth-order valence-electron chi connectivity index (χ4n) is 3.53. The summed E-state index contributed by atoms with van der Waals surface area (Å²) in [5.41, 5.74) is 3.78. The molecule has 0 atom stereocenters. The Morgan fingerprint density at radius 3 is 2.21 bits per heavy atom. The standard InChI is InChI=1S/C23H22N2O3S/c1-16(2)17-11-13-18(14-12-17)24-23(26)15-25-21-9-5-3-7-19(21)20-8-4-6-10-22(20)29(25,27)28/h3-14,16H,15H2,1-2H3,(H,24,26). The van der Waals surface area contributed by atoms with Crippen molar-refractivity contribution >= 4 is 27.3 Å². The highest BCUT2D eigenvalue weighted by Gasteiger charge is 2.35. The zero-order valence-electron chi connectivity index (χ0n) is 16.3. The van der Waals surface area contributed by atoms with Crippen LogP contribution in [0.5, 0.6) is 0 Å². The first-order valence-electron chi connectivity index (χ1n) is 9.49. The summed E-state index contributed by atoms with van der Waals surface area (Å²) in [5, 5.41) is 2.80. The summed E-state index contributed by atoms with van der Waals surface area (Å²) in [5.74, 6) is 0.00914. The van der Waals surface area contributed by atoms with E-state index in [0.29, 0.717) is 22.9 Å². The number of anilines is 2. The van der Waals surface area contributed by atoms with E-state index in [9.17, 15) is 13.2 Å². The summed E-state index contributed by atoms with van der Waals surface area (Å²) in [7, 11) is -3.83. The van der Waals surface area contributed by atoms with Crippen LogP contribution in [0, 0.1) is 0 Å². The zero-order valence-corrected chi connectivity index (χ0v) is 17.1. The van der Waals surface area contributed by atoms with E-state index in [1.807, 2.05) is 42.5 Å². The van der Waals surface area contributed by atoms with E-state index in [-0.39, 0.29) is 17.3 Å². The molecule has 3 aromatic carbocycles. The molecule has 3 aromatic rings. The van der Waals surface area contributed by atoms with Crippen molar-refractivity contribution in [1.82, 2.24) is 0 Å². The summed E-state index contributed by atoms with van der Waals surface area (Å²) in [6, 6.07) is 21.7. The maximum Gasteiger partial charge on any atom is 0.265 e. The van der Waals surface area contributed by atoms with Gasteiger partial charge in [-0.1, -0.05) is 62.4 Å². The summed E-state index contributed by atoms with van der Waals surface area (Å²) in [6.07, 6.45) is 0. The first kappa shape index (κ1) is 19.2. The van der Waals surface area contributed by atoms with Gasteiger partial charge in [-0.3, -0.25) is 9.10 Å². The predicted octanol–water partition coefficient (Wildman–Crippen LogP) is 4.62. The number of fused-ring (bicyclic) bond motifs is 3. The molecule has 148 valence electrons. The number of hydrogen-bond donors (Lipinski definition) is 1. The van der Waals surface area contributed by atoms with Crippen LogP contribution < -0.4 is 9.62 Å². The number of benzene rings is 3. The molecule has 0 spiro atoms. The molecule has 29 heavy (non-hydrogen) atoms. The third-order valence-electron chi connectivity index (χ3n) is 5.07. The highest BCUT2D eigenvalue weighted by Crippen LogP contribution is 2.42. The van der Waals surface area contributed by atoms with Gasteiger partial charge in [0, 0.05) is 16.8 Å². The number of hydrogen-bond acceptors (Lipinski definition) is 3. The molecule has 5 nitrogen and oxygen atoms in total. The monoisotopic (exact) mass is 406 g/mol. The van der Waals surface area contributed by atoms with Gasteiger partial charge in [-0.15, -0.1) is 0 Å². The SMILES string of the molecule is CC(C)c1ccc(NC(=O)CN2c3ccccc3-c3ccccc3S2(=O)=O)cc1. The molecule has 1 aliphatic rings. The van der Waals surface area contributed by atoms with E-state index in [1.165, 1.54) is 9.87 Å². The first-order chi connectivity index (χ1) is 13.9. The van der Waals surface area contributed by atoms with Crippen LogP contribution in [0.15, 0.2) is 77.7 Å². The summed E-state index contributed by atoms with van der Waals surface area (Å²) < 4.78 is 27.6. The number of nitrogens with one attached hydrogen (secondary N) is 1. The minimum absolute atomic E-state index is 0.216. The second kappa shape index (κ2) is 7.37. The Kier molecular flexibility index (Phi) is 4.88. The molecular formula is C23H22N2O3S. The van der Waals surface area contributed by atoms with Gasteiger partial charge < -0.3 is 5.32 Å². The van der Waals surface area contributed by atoms with Crippen molar-refractivity contribution in [2.24, 2.45) is 0 Å². The lowest BCUT2D eigenvalue weighted by atomic mass is 10.0. The minimum Gasteiger partial charge on any atom is -0.325 e. The Hall–Kier alpha value is -3.12. The molecule has 0 unspecified atom stereocenters. The normalized spacial score (nSPS) is 14.2. The van der Waals surface area contributed by atoms with E-state index in [0.717, 1.165) is 5.56 Å². The molecule has 0 aromatic heterocycles. The number of nitrogens with zero attached hydrogens (tertiary/aromatic N) is 1. The molecule has 6 heteroatoms. The Labute approximate surface area is 171 Å². The molecule has 0 saturated heterocycles. The Bertz CT molecular complexity index is 1170. The third-order valence-corrected chi connectivity index (χ3v) is 6.88. The van der Waals surface area contributed by atoms with E-state index >= 15 is 0 Å². The van der Waals surface area contributed by atoms with Gasteiger partial charge >= 0.3 is 0 Å². The zero-order chi connectivity index (χ0) is 20.6. The lowest BCUT2D eigenvalue weighted by Crippen LogP contribution is -2.40. The van der Waals surface area contributed by atoms with Crippen LogP contribution in [0.4, 0.5) is 11.4 Å². The lowest BCUT2D eigenvalue weighted by molar-refractivity contribution is -0.114. The summed E-state index contributed by atoms with van der Waals surface area (Å²) >= 11 is 0. The van der Waals surface area contributed by atoms with Gasteiger partial charge in [-0.2, -0.15) is 0 Å². The summed E-state index contributed by atoms with van der Waals surface area (Å²) in [6.45, 7) is 3.91. The topological polar surface area (TPSA) is 66.5 Å². The first-order valence-corrected chi connectivity index (χ1v) is 10.9. The fraction of sp³-hybridized carbons (Fsp3) is 0.174. The quantitative estimate of drug-likeness (QED) is 0.687. The third kappa shape index (κ3) is 3.51. The predicted molar refractivity (Wildman–Crippen MR) is 116 cm³/mol. The van der Waals surface area contributed by atoms with Crippen molar-refractivity contribution in [3.05, 3.63) is 78.4 Å².